The molecule has 53 heavy (non-hydrogen) atoms. The van der Waals surface area contributed by atoms with Gasteiger partial charge in [0, 0.05) is 16.6 Å². The fraction of sp³-hybridized carbons (Fsp3) is 0.0769. The van der Waals surface area contributed by atoms with Crippen LogP contribution in [0.2, 0.25) is 0 Å². The first kappa shape index (κ1) is 30.2. The first-order chi connectivity index (χ1) is 26.3. The number of nitrogens with zero attached hydrogens (tertiary/aromatic N) is 1. The molecule has 9 aromatic rings. The van der Waals surface area contributed by atoms with Crippen LogP contribution in [0.3, 0.4) is 0 Å². The third-order valence-corrected chi connectivity index (χ3v) is 11.7. The Morgan fingerprint density at radius 1 is 0.358 bits per heavy atom. The molecule has 11 rings (SSSR count). The number of anilines is 3. The highest BCUT2D eigenvalue weighted by Gasteiger charge is 2.27. The van der Waals surface area contributed by atoms with E-state index in [2.05, 4.69) is 181 Å². The van der Waals surface area contributed by atoms with Crippen LogP contribution in [0.5, 0.6) is 0 Å². The molecule has 0 radical (unpaired) electrons. The van der Waals surface area contributed by atoms with Gasteiger partial charge in [-0.2, -0.15) is 0 Å². The predicted octanol–water partition coefficient (Wildman–Crippen LogP) is 14.5. The van der Waals surface area contributed by atoms with Crippen molar-refractivity contribution in [2.45, 2.75) is 25.7 Å². The highest BCUT2D eigenvalue weighted by atomic mass is 15.1. The highest BCUT2D eigenvalue weighted by molar-refractivity contribution is 6.13. The number of aryl methyl sites for hydroxylation is 1. The van der Waals surface area contributed by atoms with Crippen LogP contribution in [0.15, 0.2) is 176 Å². The van der Waals surface area contributed by atoms with Crippen molar-refractivity contribution in [3.8, 4) is 44.5 Å². The van der Waals surface area contributed by atoms with Gasteiger partial charge in [0.25, 0.3) is 0 Å². The van der Waals surface area contributed by atoms with E-state index in [-0.39, 0.29) is 0 Å². The molecule has 2 aliphatic rings. The Bertz CT molecular complexity index is 2880. The van der Waals surface area contributed by atoms with E-state index in [1.54, 1.807) is 0 Å². The lowest BCUT2D eigenvalue weighted by Gasteiger charge is -2.32. The predicted molar refractivity (Wildman–Crippen MR) is 226 cm³/mol. The van der Waals surface area contributed by atoms with Crippen molar-refractivity contribution < 1.29 is 0 Å². The van der Waals surface area contributed by atoms with Gasteiger partial charge in [-0.1, -0.05) is 121 Å². The van der Waals surface area contributed by atoms with Gasteiger partial charge in [-0.25, -0.2) is 0 Å². The quantitative estimate of drug-likeness (QED) is 0.175. The summed E-state index contributed by atoms with van der Waals surface area (Å²) >= 11 is 0. The van der Waals surface area contributed by atoms with Gasteiger partial charge in [-0.05, 0) is 157 Å². The van der Waals surface area contributed by atoms with Gasteiger partial charge in [-0.3, -0.25) is 0 Å². The van der Waals surface area contributed by atoms with Crippen molar-refractivity contribution >= 4 is 49.4 Å². The van der Waals surface area contributed by atoms with Crippen molar-refractivity contribution in [2.24, 2.45) is 0 Å². The molecule has 0 aliphatic heterocycles. The van der Waals surface area contributed by atoms with Crippen LogP contribution in [-0.2, 0) is 12.8 Å². The van der Waals surface area contributed by atoms with Crippen LogP contribution < -0.4 is 4.90 Å². The Balaban J connectivity index is 1.10. The zero-order valence-electron chi connectivity index (χ0n) is 29.5. The molecule has 9 aromatic carbocycles. The van der Waals surface area contributed by atoms with E-state index in [0.29, 0.717) is 0 Å². The standard InChI is InChI=1S/C52H37N/c1-3-12-34(13-4-1)38-22-23-39-30-46-47-31-40-24-26-43(29-42(40)33-49(47)48(46)32-41(39)28-38)53(50-21-11-18-35-14-7-9-19-44(35)50)51-27-25-36-15-8-10-20-45(36)52(51)37-16-5-2-6-17-37/h1-7,9,11-14,16-19,21-33H,8,10,15,20H2. The van der Waals surface area contributed by atoms with Crippen LogP contribution in [0.1, 0.15) is 24.0 Å². The van der Waals surface area contributed by atoms with Crippen LogP contribution in [0, 0.1) is 0 Å². The molecule has 0 fully saturated rings. The summed E-state index contributed by atoms with van der Waals surface area (Å²) in [6.07, 6.45) is 4.75. The molecule has 0 bridgehead atoms. The van der Waals surface area contributed by atoms with E-state index >= 15 is 0 Å². The molecule has 2 aliphatic carbocycles. The molecule has 0 amide bonds. The second-order valence-corrected chi connectivity index (χ2v) is 14.8. The Labute approximate surface area is 310 Å². The maximum Gasteiger partial charge on any atom is 0.0543 e. The van der Waals surface area contributed by atoms with Crippen molar-refractivity contribution in [1.82, 2.24) is 0 Å². The molecule has 0 atom stereocenters. The van der Waals surface area contributed by atoms with Crippen LogP contribution in [0.4, 0.5) is 17.1 Å². The Hall–Kier alpha value is -6.44. The normalized spacial score (nSPS) is 13.0. The summed E-state index contributed by atoms with van der Waals surface area (Å²) in [5, 5.41) is 7.59. The Morgan fingerprint density at radius 3 is 1.75 bits per heavy atom. The third-order valence-electron chi connectivity index (χ3n) is 11.7. The second kappa shape index (κ2) is 12.1. The maximum absolute atomic E-state index is 2.53. The van der Waals surface area contributed by atoms with Gasteiger partial charge in [-0.15, -0.1) is 0 Å². The zero-order chi connectivity index (χ0) is 34.9. The second-order valence-electron chi connectivity index (χ2n) is 14.8. The number of benzene rings is 9. The smallest absolute Gasteiger partial charge is 0.0543 e. The van der Waals surface area contributed by atoms with Gasteiger partial charge < -0.3 is 4.90 Å². The monoisotopic (exact) mass is 675 g/mol. The third kappa shape index (κ3) is 4.92. The number of hydrogen-bond acceptors (Lipinski definition) is 1. The minimum atomic E-state index is 1.11. The summed E-state index contributed by atoms with van der Waals surface area (Å²) in [5.41, 5.74) is 17.2. The number of hydrogen-bond donors (Lipinski definition) is 0. The van der Waals surface area contributed by atoms with E-state index in [4.69, 9.17) is 0 Å². The maximum atomic E-state index is 2.53. The van der Waals surface area contributed by atoms with E-state index in [9.17, 15) is 0 Å². The van der Waals surface area contributed by atoms with Crippen LogP contribution in [0.25, 0.3) is 76.8 Å². The molecule has 0 aromatic heterocycles. The molecule has 0 N–H and O–H groups in total. The Kier molecular flexibility index (Phi) is 6.88. The number of fused-ring (bicyclic) bond motifs is 8. The molecular formula is C52H37N. The van der Waals surface area contributed by atoms with Gasteiger partial charge in [0.1, 0.15) is 0 Å². The van der Waals surface area contributed by atoms with E-state index in [1.165, 1.54) is 118 Å². The van der Waals surface area contributed by atoms with Crippen molar-refractivity contribution in [3.63, 3.8) is 0 Å². The van der Waals surface area contributed by atoms with E-state index < -0.39 is 0 Å². The molecule has 0 saturated heterocycles. The lowest BCUT2D eigenvalue weighted by atomic mass is 9.77. The molecule has 1 nitrogen and oxygen atoms in total. The largest absolute Gasteiger partial charge is 0.309 e. The van der Waals surface area contributed by atoms with Crippen LogP contribution in [-0.4, -0.2) is 0 Å². The molecule has 0 heterocycles. The summed E-state index contributed by atoms with van der Waals surface area (Å²) < 4.78 is 0. The molecule has 250 valence electrons. The lowest BCUT2D eigenvalue weighted by Crippen LogP contribution is -2.15. The van der Waals surface area contributed by atoms with Gasteiger partial charge in [0.2, 0.25) is 0 Å². The molecule has 0 unspecified atom stereocenters. The summed E-state index contributed by atoms with van der Waals surface area (Å²) in [5.74, 6) is 0. The fourth-order valence-corrected chi connectivity index (χ4v) is 9.10. The SMILES string of the molecule is c1ccc(-c2ccc3cc4c(cc3c2)-c2cc3cc(N(c5ccc6c(c5-c5ccccc5)CCCC6)c5cccc6ccccc56)ccc3cc2-4)cc1. The van der Waals surface area contributed by atoms with Crippen LogP contribution >= 0.6 is 0 Å². The lowest BCUT2D eigenvalue weighted by molar-refractivity contribution is 0.687. The summed E-state index contributed by atoms with van der Waals surface area (Å²) in [7, 11) is 0. The molecule has 0 spiro atoms. The Morgan fingerprint density at radius 2 is 0.981 bits per heavy atom. The summed E-state index contributed by atoms with van der Waals surface area (Å²) in [6, 6.07) is 65.6. The molecule has 0 saturated carbocycles. The van der Waals surface area contributed by atoms with Gasteiger partial charge in [0.05, 0.1) is 11.4 Å². The van der Waals surface area contributed by atoms with Crippen molar-refractivity contribution in [1.29, 1.82) is 0 Å². The minimum Gasteiger partial charge on any atom is -0.309 e. The van der Waals surface area contributed by atoms with E-state index in [0.717, 1.165) is 12.8 Å². The average molecular weight is 676 g/mol. The highest BCUT2D eigenvalue weighted by Crippen LogP contribution is 2.52. The minimum absolute atomic E-state index is 1.11. The first-order valence-corrected chi connectivity index (χ1v) is 19.0. The zero-order valence-corrected chi connectivity index (χ0v) is 29.5. The number of rotatable bonds is 5. The van der Waals surface area contributed by atoms with Crippen molar-refractivity contribution in [2.75, 3.05) is 4.90 Å². The molecular weight excluding hydrogens is 639 g/mol. The summed E-state index contributed by atoms with van der Waals surface area (Å²) in [6.45, 7) is 0. The summed E-state index contributed by atoms with van der Waals surface area (Å²) in [4.78, 5) is 2.53. The average Bonchev–Trinajstić information content (AvgIpc) is 3.23. The first-order valence-electron chi connectivity index (χ1n) is 19.0. The fourth-order valence-electron chi connectivity index (χ4n) is 9.10. The van der Waals surface area contributed by atoms with Gasteiger partial charge >= 0.3 is 0 Å². The molecule has 1 heteroatoms. The topological polar surface area (TPSA) is 3.24 Å². The van der Waals surface area contributed by atoms with Crippen molar-refractivity contribution in [3.05, 3.63) is 187 Å². The van der Waals surface area contributed by atoms with Gasteiger partial charge in [0.15, 0.2) is 0 Å². The van der Waals surface area contributed by atoms with E-state index in [1.807, 2.05) is 0 Å².